The van der Waals surface area contributed by atoms with Gasteiger partial charge in [-0.05, 0) is 50.5 Å². The number of likely N-dealkylation sites (tertiary alicyclic amines) is 1. The average Bonchev–Trinajstić information content (AvgIpc) is 3.33. The Morgan fingerprint density at radius 3 is 2.53 bits per heavy atom. The number of benzene rings is 2. The number of hydrogen-bond donors (Lipinski definition) is 0. The van der Waals surface area contributed by atoms with Gasteiger partial charge in [-0.15, -0.1) is 0 Å². The third-order valence-corrected chi connectivity index (χ3v) is 6.95. The first kappa shape index (κ1) is 22.9. The molecule has 2 aliphatic rings. The summed E-state index contributed by atoms with van der Waals surface area (Å²) in [5, 5.41) is 0. The number of cyclic esters (lactones) is 1. The Morgan fingerprint density at radius 1 is 1.16 bits per heavy atom. The van der Waals surface area contributed by atoms with Crippen LogP contribution in [0.25, 0.3) is 0 Å². The largest absolute Gasteiger partial charge is 0.447 e. The molecule has 0 aromatic heterocycles. The molecule has 2 amide bonds. The van der Waals surface area contributed by atoms with Gasteiger partial charge in [0.25, 0.3) is 0 Å². The van der Waals surface area contributed by atoms with Crippen molar-refractivity contribution in [3.05, 3.63) is 69.9 Å². The van der Waals surface area contributed by atoms with Crippen molar-refractivity contribution in [2.75, 3.05) is 19.7 Å². The van der Waals surface area contributed by atoms with Crippen molar-refractivity contribution in [2.24, 2.45) is 5.92 Å². The van der Waals surface area contributed by atoms with Crippen LogP contribution >= 0.6 is 15.9 Å². The monoisotopic (exact) mass is 502 g/mol. The van der Waals surface area contributed by atoms with Crippen LogP contribution in [0.4, 0.5) is 9.18 Å². The van der Waals surface area contributed by atoms with Gasteiger partial charge >= 0.3 is 6.09 Å². The molecule has 0 N–H and O–H groups in total. The lowest BCUT2D eigenvalue weighted by Gasteiger charge is -2.32. The highest BCUT2D eigenvalue weighted by atomic mass is 79.9. The second kappa shape index (κ2) is 8.94. The first-order valence-corrected chi connectivity index (χ1v) is 11.7. The molecule has 4 rings (SSSR count). The van der Waals surface area contributed by atoms with Gasteiger partial charge in [0.2, 0.25) is 5.91 Å². The van der Waals surface area contributed by atoms with E-state index in [4.69, 9.17) is 4.74 Å². The first-order chi connectivity index (χ1) is 15.1. The van der Waals surface area contributed by atoms with E-state index in [1.165, 1.54) is 11.0 Å². The van der Waals surface area contributed by atoms with E-state index in [9.17, 15) is 14.0 Å². The molecular formula is C25H28BrFN2O3. The maximum absolute atomic E-state index is 14.9. The van der Waals surface area contributed by atoms with E-state index in [0.29, 0.717) is 29.5 Å². The first-order valence-electron chi connectivity index (χ1n) is 10.9. The second-order valence-electron chi connectivity index (χ2n) is 9.58. The Kier molecular flexibility index (Phi) is 6.41. The summed E-state index contributed by atoms with van der Waals surface area (Å²) in [6, 6.07) is 14.3. The number of hydrogen-bond acceptors (Lipinski definition) is 4. The van der Waals surface area contributed by atoms with Crippen molar-refractivity contribution >= 4 is 27.9 Å². The molecule has 2 heterocycles. The lowest BCUT2D eigenvalue weighted by atomic mass is 9.87. The third-order valence-electron chi connectivity index (χ3n) is 6.46. The number of amides is 2. The molecule has 0 radical (unpaired) electrons. The van der Waals surface area contributed by atoms with Crippen LogP contribution in [-0.2, 0) is 16.0 Å². The van der Waals surface area contributed by atoms with E-state index in [0.717, 1.165) is 5.56 Å². The predicted molar refractivity (Wildman–Crippen MR) is 124 cm³/mol. The molecule has 32 heavy (non-hydrogen) atoms. The van der Waals surface area contributed by atoms with Gasteiger partial charge in [-0.1, -0.05) is 52.3 Å². The molecule has 2 aromatic carbocycles. The van der Waals surface area contributed by atoms with Gasteiger partial charge in [-0.25, -0.2) is 14.1 Å². The van der Waals surface area contributed by atoms with E-state index < -0.39 is 12.0 Å². The topological polar surface area (TPSA) is 49.9 Å². The summed E-state index contributed by atoms with van der Waals surface area (Å²) in [6.07, 6.45) is -0.0779. The van der Waals surface area contributed by atoms with Crippen LogP contribution < -0.4 is 0 Å². The third kappa shape index (κ3) is 4.59. The van der Waals surface area contributed by atoms with E-state index in [1.54, 1.807) is 12.1 Å². The van der Waals surface area contributed by atoms with Gasteiger partial charge in [-0.3, -0.25) is 9.69 Å². The summed E-state index contributed by atoms with van der Waals surface area (Å²) in [7, 11) is 0. The molecule has 0 bridgehead atoms. The molecule has 170 valence electrons. The minimum absolute atomic E-state index is 0.173. The molecule has 0 aliphatic carbocycles. The molecule has 2 fully saturated rings. The Bertz CT molecular complexity index is 1010. The maximum atomic E-state index is 14.9. The average molecular weight is 503 g/mol. The fourth-order valence-electron chi connectivity index (χ4n) is 4.66. The zero-order valence-electron chi connectivity index (χ0n) is 18.6. The predicted octanol–water partition coefficient (Wildman–Crippen LogP) is 4.99. The van der Waals surface area contributed by atoms with Gasteiger partial charge in [0.1, 0.15) is 12.4 Å². The van der Waals surface area contributed by atoms with Crippen molar-refractivity contribution < 1.29 is 18.7 Å². The van der Waals surface area contributed by atoms with Crippen molar-refractivity contribution in [3.63, 3.8) is 0 Å². The molecule has 3 atom stereocenters. The van der Waals surface area contributed by atoms with Crippen molar-refractivity contribution in [3.8, 4) is 0 Å². The van der Waals surface area contributed by atoms with Crippen LogP contribution in [0.1, 0.15) is 37.8 Å². The number of rotatable bonds is 4. The SMILES string of the molecule is CC(C)(C)N1CC(C(=O)N2C(=O)OC[C@@H]2Cc2ccccc2)C(c2ccc(Br)cc2F)C1. The number of imide groups is 1. The smallest absolute Gasteiger partial charge is 0.416 e. The van der Waals surface area contributed by atoms with E-state index >= 15 is 0 Å². The summed E-state index contributed by atoms with van der Waals surface area (Å²) >= 11 is 3.31. The summed E-state index contributed by atoms with van der Waals surface area (Å²) in [6.45, 7) is 7.42. The minimum atomic E-state index is -0.611. The molecule has 7 heteroatoms. The lowest BCUT2D eigenvalue weighted by Crippen LogP contribution is -2.46. The molecule has 2 aromatic rings. The number of halogens is 2. The number of ether oxygens (including phenoxy) is 1. The quantitative estimate of drug-likeness (QED) is 0.590. The normalized spacial score (nSPS) is 24.1. The summed E-state index contributed by atoms with van der Waals surface area (Å²) in [5.41, 5.74) is 1.35. The maximum Gasteiger partial charge on any atom is 0.416 e. The van der Waals surface area contributed by atoms with Crippen LogP contribution in [0.5, 0.6) is 0 Å². The molecule has 0 saturated carbocycles. The fraction of sp³-hybridized carbons (Fsp3) is 0.440. The summed E-state index contributed by atoms with van der Waals surface area (Å²) in [4.78, 5) is 29.8. The summed E-state index contributed by atoms with van der Waals surface area (Å²) < 4.78 is 20.8. The van der Waals surface area contributed by atoms with Crippen molar-refractivity contribution in [1.82, 2.24) is 9.80 Å². The van der Waals surface area contributed by atoms with E-state index in [1.807, 2.05) is 30.3 Å². The van der Waals surface area contributed by atoms with Crippen LogP contribution in [0.15, 0.2) is 53.0 Å². The number of carbonyl (C=O) groups is 2. The Labute approximate surface area is 196 Å². The molecule has 2 unspecified atom stereocenters. The Morgan fingerprint density at radius 2 is 1.88 bits per heavy atom. The molecular weight excluding hydrogens is 475 g/mol. The van der Waals surface area contributed by atoms with Gasteiger partial charge in [0.15, 0.2) is 0 Å². The highest BCUT2D eigenvalue weighted by molar-refractivity contribution is 9.10. The second-order valence-corrected chi connectivity index (χ2v) is 10.5. The van der Waals surface area contributed by atoms with Crippen molar-refractivity contribution in [1.29, 1.82) is 0 Å². The highest BCUT2D eigenvalue weighted by Crippen LogP contribution is 2.39. The van der Waals surface area contributed by atoms with Crippen LogP contribution in [0, 0.1) is 11.7 Å². The molecule has 2 aliphatic heterocycles. The Hall–Kier alpha value is -2.25. The van der Waals surface area contributed by atoms with E-state index in [2.05, 4.69) is 41.6 Å². The zero-order valence-corrected chi connectivity index (χ0v) is 20.1. The summed E-state index contributed by atoms with van der Waals surface area (Å²) in [5.74, 6) is -1.51. The van der Waals surface area contributed by atoms with Crippen LogP contribution in [0.2, 0.25) is 0 Å². The standard InChI is InChI=1S/C25H28BrFN2O3/c1-25(2,3)28-13-20(19-10-9-17(26)12-22(19)27)21(14-28)23(30)29-18(15-32-24(29)31)11-16-7-5-4-6-8-16/h4-10,12,18,20-21H,11,13-15H2,1-3H3/t18-,20?,21?/m0/s1. The molecule has 5 nitrogen and oxygen atoms in total. The highest BCUT2D eigenvalue weighted by Gasteiger charge is 2.48. The van der Waals surface area contributed by atoms with Crippen LogP contribution in [0.3, 0.4) is 0 Å². The van der Waals surface area contributed by atoms with Gasteiger partial charge in [-0.2, -0.15) is 0 Å². The van der Waals surface area contributed by atoms with Crippen molar-refractivity contribution in [2.45, 2.75) is 44.7 Å². The van der Waals surface area contributed by atoms with Gasteiger partial charge in [0.05, 0.1) is 12.0 Å². The Balaban J connectivity index is 1.64. The lowest BCUT2D eigenvalue weighted by molar-refractivity contribution is -0.133. The molecule has 0 spiro atoms. The number of nitrogens with zero attached hydrogens (tertiary/aromatic N) is 2. The molecule has 2 saturated heterocycles. The minimum Gasteiger partial charge on any atom is -0.447 e. The zero-order chi connectivity index (χ0) is 23.0. The van der Waals surface area contributed by atoms with Gasteiger partial charge < -0.3 is 4.74 Å². The van der Waals surface area contributed by atoms with Gasteiger partial charge in [0, 0.05) is 29.0 Å². The van der Waals surface area contributed by atoms with Crippen LogP contribution in [-0.4, -0.2) is 53.1 Å². The fourth-order valence-corrected chi connectivity index (χ4v) is 5.00. The number of carbonyl (C=O) groups excluding carboxylic acids is 2. The van der Waals surface area contributed by atoms with E-state index in [-0.39, 0.29) is 35.8 Å².